The summed E-state index contributed by atoms with van der Waals surface area (Å²) >= 11 is 0. The minimum atomic E-state index is -0.0898. The minimum Gasteiger partial charge on any atom is -0.365 e. The Morgan fingerprint density at radius 1 is 2.00 bits per heavy atom. The highest BCUT2D eigenvalue weighted by Gasteiger charge is 2.29. The smallest absolute Gasteiger partial charge is 0.167 e. The SMILES string of the molecule is C=CCC(=O)C1CO1. The lowest BCUT2D eigenvalue weighted by Gasteiger charge is -1.83. The molecule has 0 amide bonds. The van der Waals surface area contributed by atoms with Gasteiger partial charge in [-0.15, -0.1) is 6.58 Å². The van der Waals surface area contributed by atoms with E-state index in [1.165, 1.54) is 0 Å². The monoisotopic (exact) mass is 112 g/mol. The highest BCUT2D eigenvalue weighted by atomic mass is 16.6. The number of Topliss-reactive ketones (excluding diaryl/α,β-unsaturated/α-hetero) is 1. The zero-order chi connectivity index (χ0) is 5.98. The largest absolute Gasteiger partial charge is 0.365 e. The van der Waals surface area contributed by atoms with Crippen molar-refractivity contribution < 1.29 is 9.53 Å². The molecule has 1 unspecified atom stereocenters. The molecule has 1 atom stereocenters. The quantitative estimate of drug-likeness (QED) is 0.393. The summed E-state index contributed by atoms with van der Waals surface area (Å²) in [7, 11) is 0. The van der Waals surface area contributed by atoms with Gasteiger partial charge >= 0.3 is 0 Å². The number of carbonyl (C=O) groups excluding carboxylic acids is 1. The molecule has 8 heavy (non-hydrogen) atoms. The third-order valence-electron chi connectivity index (χ3n) is 1.04. The molecule has 0 aromatic rings. The molecule has 1 aliphatic heterocycles. The molecule has 2 heteroatoms. The lowest BCUT2D eigenvalue weighted by molar-refractivity contribution is -0.119. The maximum Gasteiger partial charge on any atom is 0.167 e. The van der Waals surface area contributed by atoms with Crippen molar-refractivity contribution in [1.29, 1.82) is 0 Å². The third kappa shape index (κ3) is 1.17. The zero-order valence-corrected chi connectivity index (χ0v) is 4.59. The molecule has 1 saturated heterocycles. The van der Waals surface area contributed by atoms with Crippen molar-refractivity contribution in [1.82, 2.24) is 0 Å². The normalized spacial score (nSPS) is 24.8. The van der Waals surface area contributed by atoms with Crippen LogP contribution in [0.5, 0.6) is 0 Å². The number of hydrogen-bond acceptors (Lipinski definition) is 2. The molecule has 0 radical (unpaired) electrons. The number of rotatable bonds is 3. The second-order valence-corrected chi connectivity index (χ2v) is 1.78. The van der Waals surface area contributed by atoms with Crippen molar-refractivity contribution >= 4 is 5.78 Å². The second-order valence-electron chi connectivity index (χ2n) is 1.78. The van der Waals surface area contributed by atoms with Crippen LogP contribution in [0, 0.1) is 0 Å². The standard InChI is InChI=1S/C6H8O2/c1-2-3-5(7)6-4-8-6/h2,6H,1,3-4H2. The molecule has 0 saturated carbocycles. The maximum atomic E-state index is 10.6. The molecule has 1 rings (SSSR count). The fourth-order valence-electron chi connectivity index (χ4n) is 0.508. The van der Waals surface area contributed by atoms with E-state index in [9.17, 15) is 4.79 Å². The molecule has 2 nitrogen and oxygen atoms in total. The van der Waals surface area contributed by atoms with Gasteiger partial charge in [0.25, 0.3) is 0 Å². The van der Waals surface area contributed by atoms with Crippen molar-refractivity contribution in [3.63, 3.8) is 0 Å². The molecule has 0 spiro atoms. The first kappa shape index (κ1) is 5.51. The first-order valence-electron chi connectivity index (χ1n) is 2.60. The summed E-state index contributed by atoms with van der Waals surface area (Å²) in [5.74, 6) is 0.153. The average molecular weight is 112 g/mol. The van der Waals surface area contributed by atoms with Gasteiger partial charge < -0.3 is 4.74 Å². The van der Waals surface area contributed by atoms with Gasteiger partial charge in [0.1, 0.15) is 6.10 Å². The summed E-state index contributed by atoms with van der Waals surface area (Å²) in [5, 5.41) is 0. The maximum absolute atomic E-state index is 10.6. The van der Waals surface area contributed by atoms with E-state index >= 15 is 0 Å². The fraction of sp³-hybridized carbons (Fsp3) is 0.500. The summed E-state index contributed by atoms with van der Waals surface area (Å²) < 4.78 is 4.73. The van der Waals surface area contributed by atoms with Crippen LogP contribution in [0.15, 0.2) is 12.7 Å². The van der Waals surface area contributed by atoms with E-state index in [4.69, 9.17) is 4.74 Å². The van der Waals surface area contributed by atoms with Crippen LogP contribution in [0.3, 0.4) is 0 Å². The van der Waals surface area contributed by atoms with E-state index in [0.717, 1.165) is 0 Å². The van der Waals surface area contributed by atoms with Crippen LogP contribution in [0.4, 0.5) is 0 Å². The van der Waals surface area contributed by atoms with Crippen LogP contribution >= 0.6 is 0 Å². The van der Waals surface area contributed by atoms with E-state index in [0.29, 0.717) is 13.0 Å². The predicted octanol–water partition coefficient (Wildman–Crippen LogP) is 0.530. The highest BCUT2D eigenvalue weighted by Crippen LogP contribution is 2.11. The van der Waals surface area contributed by atoms with E-state index in [1.54, 1.807) is 6.08 Å². The number of hydrogen-bond donors (Lipinski definition) is 0. The fourth-order valence-corrected chi connectivity index (χ4v) is 0.508. The van der Waals surface area contributed by atoms with E-state index < -0.39 is 0 Å². The van der Waals surface area contributed by atoms with Gasteiger partial charge in [0.15, 0.2) is 5.78 Å². The van der Waals surface area contributed by atoms with Crippen molar-refractivity contribution in [3.05, 3.63) is 12.7 Å². The molecule has 0 bridgehead atoms. The minimum absolute atomic E-state index is 0.0898. The number of ether oxygens (including phenoxy) is 1. The molecule has 1 heterocycles. The Bertz CT molecular complexity index is 114. The molecular weight excluding hydrogens is 104 g/mol. The Balaban J connectivity index is 2.22. The van der Waals surface area contributed by atoms with E-state index in [1.807, 2.05) is 0 Å². The highest BCUT2D eigenvalue weighted by molar-refractivity contribution is 5.86. The lowest BCUT2D eigenvalue weighted by Crippen LogP contribution is -2.03. The molecular formula is C6H8O2. The Hall–Kier alpha value is -0.630. The van der Waals surface area contributed by atoms with E-state index in [2.05, 4.69) is 6.58 Å². The summed E-state index contributed by atoms with van der Waals surface area (Å²) in [6, 6.07) is 0. The Morgan fingerprint density at radius 2 is 2.62 bits per heavy atom. The van der Waals surface area contributed by atoms with Crippen LogP contribution in [-0.2, 0) is 9.53 Å². The Labute approximate surface area is 48.1 Å². The van der Waals surface area contributed by atoms with Gasteiger partial charge in [-0.2, -0.15) is 0 Å². The molecule has 44 valence electrons. The topological polar surface area (TPSA) is 29.6 Å². The van der Waals surface area contributed by atoms with Crippen molar-refractivity contribution in [3.8, 4) is 0 Å². The van der Waals surface area contributed by atoms with Crippen LogP contribution in [0.1, 0.15) is 6.42 Å². The van der Waals surface area contributed by atoms with Crippen molar-refractivity contribution in [2.45, 2.75) is 12.5 Å². The number of ketones is 1. The Kier molecular flexibility index (Phi) is 1.44. The summed E-state index contributed by atoms with van der Waals surface area (Å²) in [6.07, 6.45) is 1.96. The van der Waals surface area contributed by atoms with Gasteiger partial charge in [0, 0.05) is 6.42 Å². The van der Waals surface area contributed by atoms with Crippen LogP contribution in [-0.4, -0.2) is 18.5 Å². The van der Waals surface area contributed by atoms with Gasteiger partial charge in [-0.3, -0.25) is 4.79 Å². The lowest BCUT2D eigenvalue weighted by atomic mass is 10.2. The van der Waals surface area contributed by atoms with Gasteiger partial charge in [-0.25, -0.2) is 0 Å². The third-order valence-corrected chi connectivity index (χ3v) is 1.04. The van der Waals surface area contributed by atoms with Crippen LogP contribution in [0.2, 0.25) is 0 Å². The average Bonchev–Trinajstić information content (AvgIpc) is 2.45. The first-order valence-corrected chi connectivity index (χ1v) is 2.60. The van der Waals surface area contributed by atoms with E-state index in [-0.39, 0.29) is 11.9 Å². The molecule has 1 fully saturated rings. The number of carbonyl (C=O) groups is 1. The number of allylic oxidation sites excluding steroid dienone is 1. The van der Waals surface area contributed by atoms with Gasteiger partial charge in [-0.05, 0) is 0 Å². The van der Waals surface area contributed by atoms with Crippen LogP contribution in [0.25, 0.3) is 0 Å². The predicted molar refractivity (Wildman–Crippen MR) is 29.6 cm³/mol. The van der Waals surface area contributed by atoms with Gasteiger partial charge in [0.05, 0.1) is 6.61 Å². The zero-order valence-electron chi connectivity index (χ0n) is 4.59. The van der Waals surface area contributed by atoms with Crippen LogP contribution < -0.4 is 0 Å². The second kappa shape index (κ2) is 2.09. The summed E-state index contributed by atoms with van der Waals surface area (Å²) in [6.45, 7) is 4.05. The number of epoxide rings is 1. The van der Waals surface area contributed by atoms with Crippen molar-refractivity contribution in [2.75, 3.05) is 6.61 Å². The molecule has 0 aromatic carbocycles. The molecule has 0 aliphatic carbocycles. The summed E-state index contributed by atoms with van der Waals surface area (Å²) in [4.78, 5) is 10.6. The molecule has 0 aromatic heterocycles. The molecule has 1 aliphatic rings. The van der Waals surface area contributed by atoms with Gasteiger partial charge in [-0.1, -0.05) is 6.08 Å². The van der Waals surface area contributed by atoms with Crippen molar-refractivity contribution in [2.24, 2.45) is 0 Å². The molecule has 0 N–H and O–H groups in total. The first-order chi connectivity index (χ1) is 3.84. The summed E-state index contributed by atoms with van der Waals surface area (Å²) in [5.41, 5.74) is 0. The Morgan fingerprint density at radius 3 is 3.00 bits per heavy atom. The van der Waals surface area contributed by atoms with Gasteiger partial charge in [0.2, 0.25) is 0 Å².